The van der Waals surface area contributed by atoms with Crippen LogP contribution in [0.3, 0.4) is 0 Å². The van der Waals surface area contributed by atoms with Gasteiger partial charge >= 0.3 is 0 Å². The van der Waals surface area contributed by atoms with Crippen LogP contribution < -0.4 is 5.32 Å². The third-order valence-electron chi connectivity index (χ3n) is 4.66. The van der Waals surface area contributed by atoms with E-state index < -0.39 is 9.84 Å². The van der Waals surface area contributed by atoms with Crippen molar-refractivity contribution in [3.8, 4) is 0 Å². The van der Waals surface area contributed by atoms with E-state index in [1.54, 1.807) is 0 Å². The second-order valence-electron chi connectivity index (χ2n) is 6.50. The van der Waals surface area contributed by atoms with Crippen LogP contribution in [0.5, 0.6) is 0 Å². The number of aromatic nitrogens is 1. The smallest absolute Gasteiger partial charge is 0.220 e. The van der Waals surface area contributed by atoms with Crippen molar-refractivity contribution in [3.05, 3.63) is 35.0 Å². The highest BCUT2D eigenvalue weighted by Crippen LogP contribution is 2.23. The van der Waals surface area contributed by atoms with Crippen LogP contribution in [0.4, 0.5) is 0 Å². The molecule has 0 bridgehead atoms. The highest BCUT2D eigenvalue weighted by Gasteiger charge is 2.29. The molecule has 1 saturated heterocycles. The summed E-state index contributed by atoms with van der Waals surface area (Å²) in [5.74, 6) is 0.258. The van der Waals surface area contributed by atoms with E-state index in [2.05, 4.69) is 23.3 Å². The summed E-state index contributed by atoms with van der Waals surface area (Å²) in [5, 5.41) is 4.08. The molecule has 6 heteroatoms. The summed E-state index contributed by atoms with van der Waals surface area (Å²) in [6.07, 6.45) is 0.896. The summed E-state index contributed by atoms with van der Waals surface area (Å²) in [5.41, 5.74) is 4.53. The number of nitrogens with one attached hydrogen (secondary N) is 2. The lowest BCUT2D eigenvalue weighted by Crippen LogP contribution is -2.25. The van der Waals surface area contributed by atoms with Crippen molar-refractivity contribution < 1.29 is 13.2 Å². The molecule has 124 valence electrons. The Balaban J connectivity index is 1.60. The second-order valence-corrected chi connectivity index (χ2v) is 8.73. The lowest BCUT2D eigenvalue weighted by Gasteiger charge is -2.09. The van der Waals surface area contributed by atoms with Gasteiger partial charge < -0.3 is 10.3 Å². The Hall–Kier alpha value is -1.82. The summed E-state index contributed by atoms with van der Waals surface area (Å²) in [7, 11) is -2.92. The average molecular weight is 334 g/mol. The van der Waals surface area contributed by atoms with Gasteiger partial charge in [0.15, 0.2) is 9.84 Å². The van der Waals surface area contributed by atoms with E-state index in [0.29, 0.717) is 19.4 Å². The van der Waals surface area contributed by atoms with Crippen molar-refractivity contribution in [2.24, 2.45) is 5.92 Å². The molecule has 1 amide bonds. The Morgan fingerprint density at radius 1 is 1.35 bits per heavy atom. The van der Waals surface area contributed by atoms with Crippen molar-refractivity contribution in [1.82, 2.24) is 10.3 Å². The summed E-state index contributed by atoms with van der Waals surface area (Å²) in [6.45, 7) is 4.60. The monoisotopic (exact) mass is 334 g/mol. The van der Waals surface area contributed by atoms with Gasteiger partial charge in [-0.1, -0.05) is 6.07 Å². The van der Waals surface area contributed by atoms with Crippen LogP contribution in [0, 0.1) is 19.8 Å². The third-order valence-corrected chi connectivity index (χ3v) is 6.50. The minimum atomic E-state index is -2.92. The quantitative estimate of drug-likeness (QED) is 0.900. The third kappa shape index (κ3) is 3.58. The van der Waals surface area contributed by atoms with Crippen molar-refractivity contribution in [2.75, 3.05) is 11.5 Å². The van der Waals surface area contributed by atoms with Crippen molar-refractivity contribution >= 4 is 26.6 Å². The highest BCUT2D eigenvalue weighted by atomic mass is 32.2. The standard InChI is InChI=1S/C17H22N2O3S/c1-11-12(2)19-16-4-3-13(7-15(11)16)9-18-17(20)8-14-5-6-23(21,22)10-14/h3-4,7,14,19H,5-6,8-10H2,1-2H3,(H,18,20)/t14-/m1/s1. The van der Waals surface area contributed by atoms with Crippen molar-refractivity contribution in [1.29, 1.82) is 0 Å². The first-order valence-electron chi connectivity index (χ1n) is 7.89. The van der Waals surface area contributed by atoms with Gasteiger partial charge in [0.25, 0.3) is 0 Å². The molecule has 0 unspecified atom stereocenters. The van der Waals surface area contributed by atoms with Gasteiger partial charge in [-0.3, -0.25) is 4.79 Å². The highest BCUT2D eigenvalue weighted by molar-refractivity contribution is 7.91. The lowest BCUT2D eigenvalue weighted by molar-refractivity contribution is -0.122. The first-order chi connectivity index (χ1) is 10.8. The van der Waals surface area contributed by atoms with Gasteiger partial charge in [-0.2, -0.15) is 0 Å². The molecule has 0 spiro atoms. The number of sulfone groups is 1. The zero-order valence-corrected chi connectivity index (χ0v) is 14.3. The summed E-state index contributed by atoms with van der Waals surface area (Å²) in [6, 6.07) is 6.12. The predicted molar refractivity (Wildman–Crippen MR) is 91.0 cm³/mol. The number of aryl methyl sites for hydroxylation is 2. The maximum absolute atomic E-state index is 12.0. The van der Waals surface area contributed by atoms with E-state index in [4.69, 9.17) is 0 Å². The lowest BCUT2D eigenvalue weighted by atomic mass is 10.0. The molecular weight excluding hydrogens is 312 g/mol. The minimum Gasteiger partial charge on any atom is -0.358 e. The molecule has 1 aromatic carbocycles. The van der Waals surface area contributed by atoms with Crippen molar-refractivity contribution in [3.63, 3.8) is 0 Å². The van der Waals surface area contributed by atoms with Gasteiger partial charge in [-0.05, 0) is 49.4 Å². The molecule has 1 aliphatic rings. The predicted octanol–water partition coefficient (Wildman–Crippen LogP) is 2.23. The molecule has 3 rings (SSSR count). The molecule has 23 heavy (non-hydrogen) atoms. The van der Waals surface area contributed by atoms with Gasteiger partial charge in [0.1, 0.15) is 0 Å². The zero-order chi connectivity index (χ0) is 16.6. The minimum absolute atomic E-state index is 0.0305. The van der Waals surface area contributed by atoms with E-state index in [-0.39, 0.29) is 23.3 Å². The molecular formula is C17H22N2O3S. The van der Waals surface area contributed by atoms with E-state index >= 15 is 0 Å². The topological polar surface area (TPSA) is 79.0 Å². The SMILES string of the molecule is Cc1[nH]c2ccc(CNC(=O)C[C@H]3CCS(=O)(=O)C3)cc2c1C. The van der Waals surface area contributed by atoms with Crippen LogP contribution in [0.15, 0.2) is 18.2 Å². The Morgan fingerprint density at radius 2 is 2.13 bits per heavy atom. The van der Waals surface area contributed by atoms with Crippen LogP contribution >= 0.6 is 0 Å². The number of benzene rings is 1. The number of H-pyrrole nitrogens is 1. The van der Waals surface area contributed by atoms with E-state index in [1.165, 1.54) is 10.9 Å². The van der Waals surface area contributed by atoms with Crippen LogP contribution in [-0.4, -0.2) is 30.8 Å². The van der Waals surface area contributed by atoms with Gasteiger partial charge in [-0.25, -0.2) is 8.42 Å². The van der Waals surface area contributed by atoms with Crippen molar-refractivity contribution in [2.45, 2.75) is 33.2 Å². The molecule has 2 N–H and O–H groups in total. The molecule has 5 nitrogen and oxygen atoms in total. The fourth-order valence-corrected chi connectivity index (χ4v) is 5.05. The molecule has 1 atom stereocenters. The fourth-order valence-electron chi connectivity index (χ4n) is 3.19. The largest absolute Gasteiger partial charge is 0.358 e. The van der Waals surface area contributed by atoms with Gasteiger partial charge in [0, 0.05) is 29.6 Å². The van der Waals surface area contributed by atoms with Gasteiger partial charge in [0.05, 0.1) is 11.5 Å². The number of hydrogen-bond donors (Lipinski definition) is 2. The molecule has 0 saturated carbocycles. The number of carbonyl (C=O) groups excluding carboxylic acids is 1. The molecule has 2 heterocycles. The normalized spacial score (nSPS) is 20.0. The Morgan fingerprint density at radius 3 is 2.83 bits per heavy atom. The molecule has 2 aromatic rings. The summed E-state index contributed by atoms with van der Waals surface area (Å²) >= 11 is 0. The number of hydrogen-bond acceptors (Lipinski definition) is 3. The summed E-state index contributed by atoms with van der Waals surface area (Å²) < 4.78 is 22.9. The molecule has 0 radical (unpaired) electrons. The zero-order valence-electron chi connectivity index (χ0n) is 13.5. The number of carbonyl (C=O) groups is 1. The van der Waals surface area contributed by atoms with Crippen LogP contribution in [0.25, 0.3) is 10.9 Å². The number of aromatic amines is 1. The summed E-state index contributed by atoms with van der Waals surface area (Å²) in [4.78, 5) is 15.3. The van der Waals surface area contributed by atoms with Crippen LogP contribution in [0.1, 0.15) is 29.7 Å². The van der Waals surface area contributed by atoms with E-state index in [0.717, 1.165) is 16.8 Å². The maximum Gasteiger partial charge on any atom is 0.220 e. The first-order valence-corrected chi connectivity index (χ1v) is 9.71. The number of fused-ring (bicyclic) bond motifs is 1. The first kappa shape index (κ1) is 16.1. The molecule has 0 aliphatic carbocycles. The van der Waals surface area contributed by atoms with E-state index in [1.807, 2.05) is 19.1 Å². The number of amides is 1. The Bertz CT molecular complexity index is 852. The number of rotatable bonds is 4. The molecule has 1 aliphatic heterocycles. The fraction of sp³-hybridized carbons (Fsp3) is 0.471. The second kappa shape index (κ2) is 6.00. The Kier molecular flexibility index (Phi) is 4.19. The average Bonchev–Trinajstić information content (AvgIpc) is 2.97. The van der Waals surface area contributed by atoms with Crippen LogP contribution in [-0.2, 0) is 21.2 Å². The van der Waals surface area contributed by atoms with Crippen LogP contribution in [0.2, 0.25) is 0 Å². The molecule has 1 fully saturated rings. The van der Waals surface area contributed by atoms with Gasteiger partial charge in [0.2, 0.25) is 5.91 Å². The van der Waals surface area contributed by atoms with E-state index in [9.17, 15) is 13.2 Å². The Labute approximate surface area is 136 Å². The maximum atomic E-state index is 12.0. The molecule has 1 aromatic heterocycles. The van der Waals surface area contributed by atoms with Gasteiger partial charge in [-0.15, -0.1) is 0 Å².